The van der Waals surface area contributed by atoms with E-state index in [0.717, 1.165) is 31.1 Å². The van der Waals surface area contributed by atoms with Gasteiger partial charge in [0.05, 0.1) is 12.3 Å². The first-order valence-electron chi connectivity index (χ1n) is 5.63. The molecule has 0 aliphatic heterocycles. The van der Waals surface area contributed by atoms with E-state index in [1.54, 1.807) is 7.11 Å². The van der Waals surface area contributed by atoms with Crippen molar-refractivity contribution in [2.75, 3.05) is 38.8 Å². The lowest BCUT2D eigenvalue weighted by molar-refractivity contribution is 0.205. The fraction of sp³-hybridized carbons (Fsp3) is 0.500. The molecule has 94 valence electrons. The number of ether oxygens (including phenoxy) is 1. The molecule has 0 amide bonds. The van der Waals surface area contributed by atoms with E-state index in [0.29, 0.717) is 6.61 Å². The second-order valence-corrected chi connectivity index (χ2v) is 3.64. The van der Waals surface area contributed by atoms with Gasteiger partial charge in [-0.3, -0.25) is 0 Å². The molecule has 0 aliphatic rings. The first kappa shape index (κ1) is 13.6. The molecule has 0 aromatic carbocycles. The Kier molecular flexibility index (Phi) is 6.21. The summed E-state index contributed by atoms with van der Waals surface area (Å²) in [5.74, 6) is 0.849. The van der Waals surface area contributed by atoms with E-state index in [1.807, 2.05) is 25.3 Å². The molecule has 1 heterocycles. The standard InChI is InChI=1S/C12H20N4O/c1-4-7-16(8-9-17-3)12-6-5-11(10-13-2)14-15-12/h4-6,13H,1,7-10H2,2-3H3. The van der Waals surface area contributed by atoms with E-state index in [1.165, 1.54) is 0 Å². The van der Waals surface area contributed by atoms with Crippen LogP contribution in [0, 0.1) is 0 Å². The number of rotatable bonds is 8. The highest BCUT2D eigenvalue weighted by atomic mass is 16.5. The summed E-state index contributed by atoms with van der Waals surface area (Å²) >= 11 is 0. The molecule has 0 unspecified atom stereocenters. The topological polar surface area (TPSA) is 50.3 Å². The molecule has 5 heteroatoms. The lowest BCUT2D eigenvalue weighted by atomic mass is 10.3. The van der Waals surface area contributed by atoms with Gasteiger partial charge in [0.25, 0.3) is 0 Å². The quantitative estimate of drug-likeness (QED) is 0.678. The average Bonchev–Trinajstić information content (AvgIpc) is 2.36. The lowest BCUT2D eigenvalue weighted by Crippen LogP contribution is -2.28. The largest absolute Gasteiger partial charge is 0.383 e. The number of anilines is 1. The van der Waals surface area contributed by atoms with E-state index in [9.17, 15) is 0 Å². The van der Waals surface area contributed by atoms with Crippen LogP contribution in [0.3, 0.4) is 0 Å². The average molecular weight is 236 g/mol. The number of hydrogen-bond acceptors (Lipinski definition) is 5. The zero-order valence-electron chi connectivity index (χ0n) is 10.5. The number of nitrogens with one attached hydrogen (secondary N) is 1. The second kappa shape index (κ2) is 7.76. The zero-order chi connectivity index (χ0) is 12.5. The van der Waals surface area contributed by atoms with Crippen LogP contribution >= 0.6 is 0 Å². The van der Waals surface area contributed by atoms with Crippen LogP contribution in [0.4, 0.5) is 5.82 Å². The van der Waals surface area contributed by atoms with Crippen LogP contribution in [-0.4, -0.2) is 44.1 Å². The summed E-state index contributed by atoms with van der Waals surface area (Å²) in [5.41, 5.74) is 0.932. The third-order valence-corrected chi connectivity index (χ3v) is 2.30. The SMILES string of the molecule is C=CCN(CCOC)c1ccc(CNC)nn1. The highest BCUT2D eigenvalue weighted by Gasteiger charge is 2.06. The summed E-state index contributed by atoms with van der Waals surface area (Å²) in [5, 5.41) is 11.4. The van der Waals surface area contributed by atoms with Crippen molar-refractivity contribution in [2.45, 2.75) is 6.54 Å². The van der Waals surface area contributed by atoms with Gasteiger partial charge in [-0.05, 0) is 19.2 Å². The Hall–Kier alpha value is -1.46. The van der Waals surface area contributed by atoms with E-state index in [-0.39, 0.29) is 0 Å². The van der Waals surface area contributed by atoms with E-state index < -0.39 is 0 Å². The highest BCUT2D eigenvalue weighted by Crippen LogP contribution is 2.09. The summed E-state index contributed by atoms with van der Waals surface area (Å²) in [6.45, 7) is 6.65. The molecule has 0 saturated carbocycles. The fourth-order valence-electron chi connectivity index (χ4n) is 1.45. The summed E-state index contributed by atoms with van der Waals surface area (Å²) in [6.07, 6.45) is 1.85. The Morgan fingerprint density at radius 3 is 2.82 bits per heavy atom. The summed E-state index contributed by atoms with van der Waals surface area (Å²) < 4.78 is 5.07. The van der Waals surface area contributed by atoms with E-state index in [2.05, 4.69) is 27.0 Å². The molecule has 0 saturated heterocycles. The van der Waals surface area contributed by atoms with Crippen LogP contribution in [0.5, 0.6) is 0 Å². The Labute approximate surface area is 102 Å². The maximum absolute atomic E-state index is 5.07. The summed E-state index contributed by atoms with van der Waals surface area (Å²) in [7, 11) is 3.58. The van der Waals surface area contributed by atoms with Crippen molar-refractivity contribution in [1.29, 1.82) is 0 Å². The van der Waals surface area contributed by atoms with Crippen molar-refractivity contribution in [3.8, 4) is 0 Å². The second-order valence-electron chi connectivity index (χ2n) is 3.64. The maximum Gasteiger partial charge on any atom is 0.151 e. The smallest absolute Gasteiger partial charge is 0.151 e. The molecule has 0 radical (unpaired) electrons. The van der Waals surface area contributed by atoms with Gasteiger partial charge in [0, 0.05) is 26.7 Å². The Morgan fingerprint density at radius 2 is 2.29 bits per heavy atom. The molecule has 0 fully saturated rings. The normalized spacial score (nSPS) is 10.2. The van der Waals surface area contributed by atoms with E-state index >= 15 is 0 Å². The molecule has 1 aromatic rings. The van der Waals surface area contributed by atoms with Gasteiger partial charge in [-0.25, -0.2) is 0 Å². The van der Waals surface area contributed by atoms with Gasteiger partial charge in [-0.1, -0.05) is 6.08 Å². The van der Waals surface area contributed by atoms with Gasteiger partial charge in [0.1, 0.15) is 0 Å². The van der Waals surface area contributed by atoms with Crippen molar-refractivity contribution in [2.24, 2.45) is 0 Å². The molecular formula is C12H20N4O. The Balaban J connectivity index is 2.68. The van der Waals surface area contributed by atoms with Crippen molar-refractivity contribution in [1.82, 2.24) is 15.5 Å². The molecule has 1 aromatic heterocycles. The van der Waals surface area contributed by atoms with Crippen molar-refractivity contribution in [3.05, 3.63) is 30.5 Å². The third-order valence-electron chi connectivity index (χ3n) is 2.30. The minimum absolute atomic E-state index is 0.661. The van der Waals surface area contributed by atoms with Crippen LogP contribution in [0.2, 0.25) is 0 Å². The monoisotopic (exact) mass is 236 g/mol. The Morgan fingerprint density at radius 1 is 1.47 bits per heavy atom. The van der Waals surface area contributed by atoms with Gasteiger partial charge in [-0.2, -0.15) is 5.10 Å². The number of methoxy groups -OCH3 is 1. The van der Waals surface area contributed by atoms with Crippen LogP contribution < -0.4 is 10.2 Å². The van der Waals surface area contributed by atoms with Crippen LogP contribution in [0.15, 0.2) is 24.8 Å². The first-order chi connectivity index (χ1) is 8.31. The molecular weight excluding hydrogens is 216 g/mol. The molecule has 0 bridgehead atoms. The molecule has 0 spiro atoms. The molecule has 1 rings (SSSR count). The predicted molar refractivity (Wildman–Crippen MR) is 69.1 cm³/mol. The van der Waals surface area contributed by atoms with Crippen molar-refractivity contribution in [3.63, 3.8) is 0 Å². The number of nitrogens with zero attached hydrogens (tertiary/aromatic N) is 3. The zero-order valence-corrected chi connectivity index (χ0v) is 10.5. The van der Waals surface area contributed by atoms with Gasteiger partial charge >= 0.3 is 0 Å². The molecule has 17 heavy (non-hydrogen) atoms. The Bertz CT molecular complexity index is 326. The van der Waals surface area contributed by atoms with Crippen molar-refractivity contribution >= 4 is 5.82 Å². The van der Waals surface area contributed by atoms with E-state index in [4.69, 9.17) is 4.74 Å². The van der Waals surface area contributed by atoms with Gasteiger partial charge in [0.15, 0.2) is 5.82 Å². The summed E-state index contributed by atoms with van der Waals surface area (Å²) in [6, 6.07) is 3.94. The van der Waals surface area contributed by atoms with Crippen molar-refractivity contribution < 1.29 is 4.74 Å². The highest BCUT2D eigenvalue weighted by molar-refractivity contribution is 5.38. The summed E-state index contributed by atoms with van der Waals surface area (Å²) in [4.78, 5) is 2.08. The predicted octanol–water partition coefficient (Wildman–Crippen LogP) is 0.835. The fourth-order valence-corrected chi connectivity index (χ4v) is 1.45. The molecule has 0 atom stereocenters. The molecule has 5 nitrogen and oxygen atoms in total. The molecule has 0 aliphatic carbocycles. The maximum atomic E-state index is 5.07. The minimum Gasteiger partial charge on any atom is -0.383 e. The van der Waals surface area contributed by atoms with Crippen LogP contribution in [-0.2, 0) is 11.3 Å². The van der Waals surface area contributed by atoms with Crippen LogP contribution in [0.25, 0.3) is 0 Å². The molecule has 1 N–H and O–H groups in total. The number of aromatic nitrogens is 2. The van der Waals surface area contributed by atoms with Gasteiger partial charge in [-0.15, -0.1) is 11.7 Å². The van der Waals surface area contributed by atoms with Crippen LogP contribution in [0.1, 0.15) is 5.69 Å². The number of hydrogen-bond donors (Lipinski definition) is 1. The lowest BCUT2D eigenvalue weighted by Gasteiger charge is -2.21. The minimum atomic E-state index is 0.661. The first-order valence-corrected chi connectivity index (χ1v) is 5.63. The van der Waals surface area contributed by atoms with Gasteiger partial charge in [0.2, 0.25) is 0 Å². The van der Waals surface area contributed by atoms with Gasteiger partial charge < -0.3 is 15.0 Å². The third kappa shape index (κ3) is 4.50.